The highest BCUT2D eigenvalue weighted by Gasteiger charge is 2.48. The number of benzene rings is 1. The lowest BCUT2D eigenvalue weighted by Gasteiger charge is -2.31. The Morgan fingerprint density at radius 1 is 1.06 bits per heavy atom. The Balaban J connectivity index is 0.00000152. The van der Waals surface area contributed by atoms with Crippen molar-refractivity contribution in [2.45, 2.75) is 49.9 Å². The predicted octanol–water partition coefficient (Wildman–Crippen LogP) is 5.69. The molecule has 6 nitrogen and oxygen atoms in total. The summed E-state index contributed by atoms with van der Waals surface area (Å²) < 4.78 is 44.3. The summed E-state index contributed by atoms with van der Waals surface area (Å²) in [5.41, 5.74) is 8.84. The van der Waals surface area contributed by atoms with Crippen LogP contribution in [-0.4, -0.2) is 49.3 Å². The second-order valence-corrected chi connectivity index (χ2v) is 9.92. The van der Waals surface area contributed by atoms with Crippen molar-refractivity contribution in [1.29, 1.82) is 0 Å². The van der Waals surface area contributed by atoms with Crippen LogP contribution < -0.4 is 5.73 Å². The molecule has 2 fully saturated rings. The van der Waals surface area contributed by atoms with Crippen LogP contribution in [0.5, 0.6) is 0 Å². The van der Waals surface area contributed by atoms with E-state index in [-0.39, 0.29) is 36.9 Å². The fraction of sp³-hybridized carbons (Fsp3) is 0.400. The summed E-state index contributed by atoms with van der Waals surface area (Å²) in [7, 11) is 0. The van der Waals surface area contributed by atoms with Crippen LogP contribution in [0.2, 0.25) is 0 Å². The summed E-state index contributed by atoms with van der Waals surface area (Å²) >= 11 is 0. The number of rotatable bonds is 4. The van der Waals surface area contributed by atoms with E-state index < -0.39 is 17.8 Å². The van der Waals surface area contributed by atoms with Crippen LogP contribution in [0.4, 0.5) is 13.2 Å². The van der Waals surface area contributed by atoms with Gasteiger partial charge in [-0.3, -0.25) is 9.30 Å². The minimum absolute atomic E-state index is 0. The molecule has 1 aromatic carbocycles. The summed E-state index contributed by atoms with van der Waals surface area (Å²) in [6.45, 7) is 2.27. The first-order chi connectivity index (χ1) is 16.2. The maximum absolute atomic E-state index is 14.2. The van der Waals surface area contributed by atoms with E-state index in [0.29, 0.717) is 36.0 Å². The topological polar surface area (TPSA) is 72.3 Å². The molecule has 11 heteroatoms. The molecule has 4 heterocycles. The highest BCUT2D eigenvalue weighted by Crippen LogP contribution is 2.43. The molecule has 0 spiro atoms. The molecule has 2 atom stereocenters. The third-order valence-corrected chi connectivity index (χ3v) is 6.95. The van der Waals surface area contributed by atoms with Gasteiger partial charge in [0.15, 0.2) is 11.5 Å². The Morgan fingerprint density at radius 3 is 2.50 bits per heavy atom. The van der Waals surface area contributed by atoms with Crippen molar-refractivity contribution in [2.24, 2.45) is 5.73 Å². The van der Waals surface area contributed by atoms with Gasteiger partial charge in [0.05, 0.1) is 5.52 Å². The summed E-state index contributed by atoms with van der Waals surface area (Å²) in [6.07, 6.45) is -0.126. The summed E-state index contributed by atoms with van der Waals surface area (Å²) in [6, 6.07) is 11.3. The van der Waals surface area contributed by atoms with Gasteiger partial charge in [-0.2, -0.15) is 13.2 Å². The Hall–Kier alpha value is -2.46. The minimum atomic E-state index is -4.44. The van der Waals surface area contributed by atoms with Gasteiger partial charge in [0, 0.05) is 30.2 Å². The van der Waals surface area contributed by atoms with Gasteiger partial charge in [-0.1, -0.05) is 30.3 Å². The molecule has 1 saturated carbocycles. The number of aromatic nitrogens is 4. The molecule has 1 aliphatic carbocycles. The van der Waals surface area contributed by atoms with Gasteiger partial charge < -0.3 is 5.73 Å². The smallest absolute Gasteiger partial charge is 0.324 e. The molecule has 0 radical (unpaired) electrons. The lowest BCUT2D eigenvalue weighted by molar-refractivity contribution is -0.184. The maximum Gasteiger partial charge on any atom is 0.408 e. The van der Waals surface area contributed by atoms with Crippen molar-refractivity contribution in [3.05, 3.63) is 59.8 Å². The van der Waals surface area contributed by atoms with Gasteiger partial charge in [-0.25, -0.2) is 4.98 Å². The van der Waals surface area contributed by atoms with E-state index in [1.807, 2.05) is 24.3 Å². The van der Waals surface area contributed by atoms with Crippen molar-refractivity contribution in [3.63, 3.8) is 0 Å². The molecule has 36 heavy (non-hydrogen) atoms. The lowest BCUT2D eigenvalue weighted by Crippen LogP contribution is -2.43. The Labute approximate surface area is 218 Å². The fourth-order valence-corrected chi connectivity index (χ4v) is 5.11. The fourth-order valence-electron chi connectivity index (χ4n) is 5.11. The van der Waals surface area contributed by atoms with Crippen LogP contribution in [0.1, 0.15) is 49.3 Å². The van der Waals surface area contributed by atoms with Crippen molar-refractivity contribution in [3.8, 4) is 11.5 Å². The Morgan fingerprint density at radius 2 is 1.83 bits per heavy atom. The monoisotopic (exact) mass is 538 g/mol. The predicted molar refractivity (Wildman–Crippen MR) is 138 cm³/mol. The van der Waals surface area contributed by atoms with E-state index >= 15 is 0 Å². The number of nitrogens with zero attached hydrogens (tertiary/aromatic N) is 5. The minimum Gasteiger partial charge on any atom is -0.324 e. The average Bonchev–Trinajstić information content (AvgIpc) is 3.45. The van der Waals surface area contributed by atoms with Crippen molar-refractivity contribution >= 4 is 41.4 Å². The van der Waals surface area contributed by atoms with Crippen LogP contribution >= 0.6 is 24.8 Å². The number of likely N-dealkylation sites (tertiary alicyclic amines) is 1. The summed E-state index contributed by atoms with van der Waals surface area (Å²) in [5.74, 6) is 0.949. The first-order valence-corrected chi connectivity index (χ1v) is 11.5. The van der Waals surface area contributed by atoms with E-state index in [1.165, 1.54) is 22.7 Å². The normalized spacial score (nSPS) is 21.4. The molecule has 2 N–H and O–H groups in total. The summed E-state index contributed by atoms with van der Waals surface area (Å²) in [4.78, 5) is 6.29. The zero-order valence-corrected chi connectivity index (χ0v) is 21.2. The average molecular weight is 539 g/mol. The first kappa shape index (κ1) is 26.6. The molecule has 1 aliphatic heterocycles. The zero-order chi connectivity index (χ0) is 23.7. The number of pyridine rings is 2. The van der Waals surface area contributed by atoms with Gasteiger partial charge in [-0.15, -0.1) is 35.0 Å². The second-order valence-electron chi connectivity index (χ2n) is 9.92. The third-order valence-electron chi connectivity index (χ3n) is 6.95. The number of alkyl halides is 3. The SMILES string of the molecule is CC1(N)CCN([C@H](c2ccc3nnc(-c4ccc5cccc(C6CC6)c5n4)n3c2)C(F)(F)F)C1.Cl.Cl. The van der Waals surface area contributed by atoms with Crippen LogP contribution in [0.3, 0.4) is 0 Å². The molecular weight excluding hydrogens is 512 g/mol. The lowest BCUT2D eigenvalue weighted by atomic mass is 10.0. The van der Waals surface area contributed by atoms with E-state index in [2.05, 4.69) is 16.3 Å². The molecule has 0 bridgehead atoms. The van der Waals surface area contributed by atoms with Crippen molar-refractivity contribution in [2.75, 3.05) is 13.1 Å². The van der Waals surface area contributed by atoms with E-state index in [0.717, 1.165) is 23.7 Å². The molecule has 2 aliphatic rings. The van der Waals surface area contributed by atoms with Crippen LogP contribution in [0, 0.1) is 0 Å². The molecule has 1 unspecified atom stereocenters. The van der Waals surface area contributed by atoms with Crippen molar-refractivity contribution < 1.29 is 13.2 Å². The molecule has 192 valence electrons. The quantitative estimate of drug-likeness (QED) is 0.361. The molecule has 6 rings (SSSR count). The van der Waals surface area contributed by atoms with Crippen molar-refractivity contribution in [1.82, 2.24) is 24.5 Å². The molecule has 4 aromatic rings. The molecule has 3 aromatic heterocycles. The molecule has 1 saturated heterocycles. The number of nitrogens with two attached hydrogens (primary N) is 1. The van der Waals surface area contributed by atoms with Gasteiger partial charge in [0.2, 0.25) is 0 Å². The Bertz CT molecular complexity index is 1400. The number of para-hydroxylation sites is 1. The van der Waals surface area contributed by atoms with Gasteiger partial charge in [0.1, 0.15) is 11.7 Å². The van der Waals surface area contributed by atoms with Gasteiger partial charge in [0.25, 0.3) is 0 Å². The second kappa shape index (κ2) is 9.45. The molecule has 0 amide bonds. The number of fused-ring (bicyclic) bond motifs is 2. The number of halogens is 5. The Kier molecular flexibility index (Phi) is 6.98. The zero-order valence-electron chi connectivity index (χ0n) is 19.6. The van der Waals surface area contributed by atoms with Crippen LogP contribution in [-0.2, 0) is 0 Å². The number of hydrogen-bond donors (Lipinski definition) is 1. The first-order valence-electron chi connectivity index (χ1n) is 11.5. The largest absolute Gasteiger partial charge is 0.408 e. The van der Waals surface area contributed by atoms with Crippen LogP contribution in [0.25, 0.3) is 28.1 Å². The van der Waals surface area contributed by atoms with Crippen LogP contribution in [0.15, 0.2) is 48.7 Å². The van der Waals surface area contributed by atoms with Gasteiger partial charge in [-0.05, 0) is 55.4 Å². The highest BCUT2D eigenvalue weighted by atomic mass is 35.5. The number of hydrogen-bond acceptors (Lipinski definition) is 5. The maximum atomic E-state index is 14.2. The standard InChI is InChI=1S/C25H25F3N6.2ClH/c1-24(29)11-12-33(14-24)22(25(26,27)28)17-8-10-20-31-32-23(34(20)13-17)19-9-7-16-3-2-4-18(15-5-6-15)21(16)30-19;;/h2-4,7-10,13,15,22H,5-6,11-12,14,29H2,1H3;2*1H/t22-,24?;;/m1../s1. The summed E-state index contributed by atoms with van der Waals surface area (Å²) in [5, 5.41) is 9.51. The molecular formula is C25H27Cl2F3N6. The van der Waals surface area contributed by atoms with E-state index in [9.17, 15) is 13.2 Å². The third kappa shape index (κ3) is 4.77. The van der Waals surface area contributed by atoms with Gasteiger partial charge >= 0.3 is 6.18 Å². The van der Waals surface area contributed by atoms with E-state index in [1.54, 1.807) is 17.4 Å². The van der Waals surface area contributed by atoms with E-state index in [4.69, 9.17) is 10.7 Å². The highest BCUT2D eigenvalue weighted by molar-refractivity contribution is 5.86.